The van der Waals surface area contributed by atoms with Crippen LogP contribution < -0.4 is 5.32 Å². The first-order chi connectivity index (χ1) is 8.81. The standard InChI is InChI=1S/C14H19ClN2S/c15-14-8-9-10(3-4-13(9)18-14)16-11-5-7-17-6-1-2-12(11)17/h8,10-12,16H,1-7H2. The highest BCUT2D eigenvalue weighted by Crippen LogP contribution is 2.40. The predicted molar refractivity (Wildman–Crippen MR) is 76.5 cm³/mol. The Morgan fingerprint density at radius 3 is 3.17 bits per heavy atom. The molecule has 3 aliphatic rings. The van der Waals surface area contributed by atoms with Gasteiger partial charge in [0.05, 0.1) is 4.34 Å². The highest BCUT2D eigenvalue weighted by molar-refractivity contribution is 7.16. The summed E-state index contributed by atoms with van der Waals surface area (Å²) < 4.78 is 0.959. The van der Waals surface area contributed by atoms with E-state index < -0.39 is 0 Å². The lowest BCUT2D eigenvalue weighted by atomic mass is 10.0. The predicted octanol–water partition coefficient (Wildman–Crippen LogP) is 3.22. The Morgan fingerprint density at radius 2 is 2.22 bits per heavy atom. The van der Waals surface area contributed by atoms with Gasteiger partial charge in [0.1, 0.15) is 0 Å². The maximum Gasteiger partial charge on any atom is 0.0934 e. The minimum absolute atomic E-state index is 0.564. The van der Waals surface area contributed by atoms with Crippen molar-refractivity contribution in [3.8, 4) is 0 Å². The van der Waals surface area contributed by atoms with E-state index in [0.29, 0.717) is 12.1 Å². The fraction of sp³-hybridized carbons (Fsp3) is 0.714. The van der Waals surface area contributed by atoms with Gasteiger partial charge in [-0.1, -0.05) is 11.6 Å². The average molecular weight is 283 g/mol. The van der Waals surface area contributed by atoms with E-state index in [-0.39, 0.29) is 0 Å². The second-order valence-corrected chi connectivity index (χ2v) is 7.60. The minimum Gasteiger partial charge on any atom is -0.306 e. The number of thiophene rings is 1. The number of halogens is 1. The lowest BCUT2D eigenvalue weighted by Gasteiger charge is -2.25. The van der Waals surface area contributed by atoms with E-state index in [0.717, 1.165) is 10.4 Å². The minimum atomic E-state index is 0.564. The summed E-state index contributed by atoms with van der Waals surface area (Å²) >= 11 is 7.90. The van der Waals surface area contributed by atoms with E-state index in [9.17, 15) is 0 Å². The Morgan fingerprint density at radius 1 is 1.28 bits per heavy atom. The number of nitrogens with zero attached hydrogens (tertiary/aromatic N) is 1. The maximum atomic E-state index is 6.13. The summed E-state index contributed by atoms with van der Waals surface area (Å²) in [5, 5.41) is 3.93. The smallest absolute Gasteiger partial charge is 0.0934 e. The van der Waals surface area contributed by atoms with Gasteiger partial charge in [0.2, 0.25) is 0 Å². The first kappa shape index (κ1) is 11.7. The van der Waals surface area contributed by atoms with Gasteiger partial charge in [0.25, 0.3) is 0 Å². The van der Waals surface area contributed by atoms with E-state index in [4.69, 9.17) is 11.6 Å². The molecule has 1 N–H and O–H groups in total. The quantitative estimate of drug-likeness (QED) is 0.896. The van der Waals surface area contributed by atoms with Crippen LogP contribution in [0.25, 0.3) is 0 Å². The Kier molecular flexibility index (Phi) is 2.92. The summed E-state index contributed by atoms with van der Waals surface area (Å²) in [6.07, 6.45) is 6.59. The van der Waals surface area contributed by atoms with Crippen LogP contribution in [0, 0.1) is 0 Å². The van der Waals surface area contributed by atoms with Gasteiger partial charge in [-0.2, -0.15) is 0 Å². The second kappa shape index (κ2) is 4.48. The molecule has 0 amide bonds. The van der Waals surface area contributed by atoms with Gasteiger partial charge in [-0.05, 0) is 50.3 Å². The van der Waals surface area contributed by atoms with E-state index in [1.807, 2.05) is 0 Å². The highest BCUT2D eigenvalue weighted by Gasteiger charge is 2.39. The molecule has 0 saturated carbocycles. The molecule has 3 atom stereocenters. The zero-order valence-electron chi connectivity index (χ0n) is 10.5. The van der Waals surface area contributed by atoms with Gasteiger partial charge in [0, 0.05) is 29.5 Å². The summed E-state index contributed by atoms with van der Waals surface area (Å²) in [4.78, 5) is 4.19. The van der Waals surface area contributed by atoms with E-state index in [2.05, 4.69) is 16.3 Å². The van der Waals surface area contributed by atoms with E-state index in [1.54, 1.807) is 11.3 Å². The van der Waals surface area contributed by atoms with Crippen LogP contribution in [-0.2, 0) is 6.42 Å². The molecule has 3 unspecified atom stereocenters. The number of hydrogen-bond acceptors (Lipinski definition) is 3. The van der Waals surface area contributed by atoms with Crippen molar-refractivity contribution in [1.29, 1.82) is 0 Å². The van der Waals surface area contributed by atoms with Crippen molar-refractivity contribution in [1.82, 2.24) is 10.2 Å². The fourth-order valence-electron chi connectivity index (χ4n) is 4.04. The number of hydrogen-bond donors (Lipinski definition) is 1. The lowest BCUT2D eigenvalue weighted by Crippen LogP contribution is -2.40. The average Bonchev–Trinajstić information content (AvgIpc) is 3.02. The molecule has 4 heteroatoms. The van der Waals surface area contributed by atoms with Gasteiger partial charge in [-0.15, -0.1) is 11.3 Å². The van der Waals surface area contributed by atoms with Crippen molar-refractivity contribution in [2.75, 3.05) is 13.1 Å². The van der Waals surface area contributed by atoms with Crippen molar-refractivity contribution in [3.63, 3.8) is 0 Å². The lowest BCUT2D eigenvalue weighted by molar-refractivity contribution is 0.288. The van der Waals surface area contributed by atoms with Crippen molar-refractivity contribution in [2.24, 2.45) is 0 Å². The maximum absolute atomic E-state index is 6.13. The van der Waals surface area contributed by atoms with Crippen LogP contribution >= 0.6 is 22.9 Å². The monoisotopic (exact) mass is 282 g/mol. The molecule has 1 aromatic heterocycles. The summed E-state index contributed by atoms with van der Waals surface area (Å²) in [7, 11) is 0. The third-order valence-corrected chi connectivity index (χ3v) is 6.21. The zero-order chi connectivity index (χ0) is 12.1. The summed E-state index contributed by atoms with van der Waals surface area (Å²) in [5.74, 6) is 0. The Balaban J connectivity index is 1.49. The first-order valence-corrected chi connectivity index (χ1v) is 8.29. The van der Waals surface area contributed by atoms with Crippen LogP contribution in [0.3, 0.4) is 0 Å². The molecule has 2 saturated heterocycles. The number of rotatable bonds is 2. The van der Waals surface area contributed by atoms with Crippen LogP contribution in [-0.4, -0.2) is 30.1 Å². The summed E-state index contributed by atoms with van der Waals surface area (Å²) in [6, 6.07) is 4.27. The Bertz CT molecular complexity index is 459. The molecule has 0 bridgehead atoms. The third kappa shape index (κ3) is 1.83. The highest BCUT2D eigenvalue weighted by atomic mass is 35.5. The number of nitrogens with one attached hydrogen (secondary N) is 1. The molecule has 98 valence electrons. The number of fused-ring (bicyclic) bond motifs is 2. The SMILES string of the molecule is Clc1cc2c(s1)CCC2NC1CCN2CCCC12. The molecular weight excluding hydrogens is 264 g/mol. The molecule has 2 fully saturated rings. The molecule has 3 heterocycles. The molecule has 0 spiro atoms. The topological polar surface area (TPSA) is 15.3 Å². The fourth-order valence-corrected chi connectivity index (χ4v) is 5.40. The van der Waals surface area contributed by atoms with Crippen LogP contribution in [0.2, 0.25) is 4.34 Å². The Hall–Kier alpha value is -0.0900. The molecule has 18 heavy (non-hydrogen) atoms. The van der Waals surface area contributed by atoms with Crippen LogP contribution in [0.15, 0.2) is 6.07 Å². The van der Waals surface area contributed by atoms with Gasteiger partial charge in [-0.3, -0.25) is 4.90 Å². The molecule has 1 aromatic rings. The molecule has 1 aliphatic carbocycles. The molecule has 2 nitrogen and oxygen atoms in total. The van der Waals surface area contributed by atoms with Crippen molar-refractivity contribution >= 4 is 22.9 Å². The molecule has 4 rings (SSSR count). The van der Waals surface area contributed by atoms with E-state index in [1.165, 1.54) is 55.6 Å². The second-order valence-electron chi connectivity index (χ2n) is 5.83. The molecule has 0 aromatic carbocycles. The summed E-state index contributed by atoms with van der Waals surface area (Å²) in [6.45, 7) is 2.62. The van der Waals surface area contributed by atoms with Gasteiger partial charge in [-0.25, -0.2) is 0 Å². The van der Waals surface area contributed by atoms with Crippen molar-refractivity contribution in [3.05, 3.63) is 20.8 Å². The van der Waals surface area contributed by atoms with Gasteiger partial charge >= 0.3 is 0 Å². The summed E-state index contributed by atoms with van der Waals surface area (Å²) in [5.41, 5.74) is 1.49. The molecule has 2 aliphatic heterocycles. The van der Waals surface area contributed by atoms with E-state index >= 15 is 0 Å². The van der Waals surface area contributed by atoms with Crippen LogP contribution in [0.1, 0.15) is 42.2 Å². The first-order valence-electron chi connectivity index (χ1n) is 7.09. The number of aryl methyl sites for hydroxylation is 1. The zero-order valence-corrected chi connectivity index (χ0v) is 12.1. The van der Waals surface area contributed by atoms with Crippen LogP contribution in [0.4, 0.5) is 0 Å². The van der Waals surface area contributed by atoms with Gasteiger partial charge < -0.3 is 5.32 Å². The van der Waals surface area contributed by atoms with Crippen LogP contribution in [0.5, 0.6) is 0 Å². The van der Waals surface area contributed by atoms with Crippen molar-refractivity contribution in [2.45, 2.75) is 50.2 Å². The Labute approximate surface area is 117 Å². The largest absolute Gasteiger partial charge is 0.306 e. The molecule has 0 radical (unpaired) electrons. The third-order valence-electron chi connectivity index (χ3n) is 4.87. The molecular formula is C14H19ClN2S. The van der Waals surface area contributed by atoms with Crippen molar-refractivity contribution < 1.29 is 0 Å². The normalized spacial score (nSPS) is 35.1. The van der Waals surface area contributed by atoms with Gasteiger partial charge in [0.15, 0.2) is 0 Å².